The molecule has 1 N–H and O–H groups in total. The van der Waals surface area contributed by atoms with Gasteiger partial charge in [-0.05, 0) is 31.7 Å². The molecule has 0 aliphatic heterocycles. The smallest absolute Gasteiger partial charge is 0.135 e. The van der Waals surface area contributed by atoms with Crippen LogP contribution >= 0.6 is 15.9 Å². The molecule has 0 aliphatic carbocycles. The first-order valence-electron chi connectivity index (χ1n) is 5.78. The topological polar surface area (TPSA) is 25.2 Å². The maximum absolute atomic E-state index is 5.90. The highest BCUT2D eigenvalue weighted by atomic mass is 79.9. The summed E-state index contributed by atoms with van der Waals surface area (Å²) in [4.78, 5) is 0. The molecule has 2 rings (SSSR count). The number of hydrogen-bond acceptors (Lipinski definition) is 2. The van der Waals surface area contributed by atoms with Crippen LogP contribution in [0.3, 0.4) is 0 Å². The van der Waals surface area contributed by atoms with Crippen LogP contribution in [-0.2, 0) is 0 Å². The molecule has 1 atom stereocenters. The van der Waals surface area contributed by atoms with Crippen LogP contribution in [0.4, 0.5) is 0 Å². The van der Waals surface area contributed by atoms with Gasteiger partial charge in [0, 0.05) is 10.0 Å². The number of hydrogen-bond donors (Lipinski definition) is 1. The molecule has 2 aromatic rings. The van der Waals surface area contributed by atoms with Gasteiger partial charge in [0.05, 0.1) is 6.04 Å². The summed E-state index contributed by atoms with van der Waals surface area (Å²) in [6, 6.07) is 12.4. The van der Waals surface area contributed by atoms with Crippen molar-refractivity contribution in [1.29, 1.82) is 0 Å². The van der Waals surface area contributed by atoms with E-state index in [1.807, 2.05) is 43.4 Å². The highest BCUT2D eigenvalue weighted by Gasteiger charge is 2.13. The Morgan fingerprint density at radius 2 is 2.00 bits per heavy atom. The minimum Gasteiger partial charge on any atom is -0.459 e. The Kier molecular flexibility index (Phi) is 4.02. The Morgan fingerprint density at radius 1 is 1.24 bits per heavy atom. The Bertz CT molecular complexity index is 488. The second-order valence-electron chi connectivity index (χ2n) is 3.93. The van der Waals surface area contributed by atoms with E-state index in [4.69, 9.17) is 4.42 Å². The first kappa shape index (κ1) is 12.4. The summed E-state index contributed by atoms with van der Waals surface area (Å²) in [6.07, 6.45) is 1.01. The van der Waals surface area contributed by atoms with E-state index in [0.717, 1.165) is 28.0 Å². The summed E-state index contributed by atoms with van der Waals surface area (Å²) in [5.41, 5.74) is 1.09. The minimum atomic E-state index is 0.284. The first-order valence-corrected chi connectivity index (χ1v) is 6.57. The van der Waals surface area contributed by atoms with Crippen molar-refractivity contribution in [3.8, 4) is 11.3 Å². The Labute approximate surface area is 110 Å². The molecule has 90 valence electrons. The molecule has 0 spiro atoms. The molecule has 0 radical (unpaired) electrons. The van der Waals surface area contributed by atoms with E-state index in [9.17, 15) is 0 Å². The second-order valence-corrected chi connectivity index (χ2v) is 4.79. The summed E-state index contributed by atoms with van der Waals surface area (Å²) < 4.78 is 6.96. The van der Waals surface area contributed by atoms with Gasteiger partial charge >= 0.3 is 0 Å². The number of benzene rings is 1. The van der Waals surface area contributed by atoms with Crippen LogP contribution in [0.15, 0.2) is 45.3 Å². The van der Waals surface area contributed by atoms with Gasteiger partial charge in [-0.15, -0.1) is 0 Å². The number of furan rings is 1. The molecule has 0 bridgehead atoms. The molecule has 1 aromatic heterocycles. The SMILES string of the molecule is CCC(NC)c1ccc(-c2ccccc2Br)o1. The predicted octanol–water partition coefficient (Wildman–Crippen LogP) is 4.38. The molecule has 1 unspecified atom stereocenters. The molecule has 0 saturated carbocycles. The van der Waals surface area contributed by atoms with Crippen molar-refractivity contribution in [2.75, 3.05) is 7.05 Å². The van der Waals surface area contributed by atoms with Gasteiger partial charge in [-0.25, -0.2) is 0 Å². The predicted molar refractivity (Wildman–Crippen MR) is 73.9 cm³/mol. The average Bonchev–Trinajstić information content (AvgIpc) is 2.81. The number of nitrogens with one attached hydrogen (secondary N) is 1. The van der Waals surface area contributed by atoms with E-state index in [1.165, 1.54) is 0 Å². The van der Waals surface area contributed by atoms with Gasteiger partial charge in [0.15, 0.2) is 0 Å². The summed E-state index contributed by atoms with van der Waals surface area (Å²) in [5.74, 6) is 1.89. The molecule has 17 heavy (non-hydrogen) atoms. The molecule has 0 aliphatic rings. The monoisotopic (exact) mass is 293 g/mol. The lowest BCUT2D eigenvalue weighted by Crippen LogP contribution is -2.14. The van der Waals surface area contributed by atoms with E-state index in [0.29, 0.717) is 0 Å². The fourth-order valence-corrected chi connectivity index (χ4v) is 2.37. The zero-order chi connectivity index (χ0) is 12.3. The zero-order valence-corrected chi connectivity index (χ0v) is 11.6. The standard InChI is InChI=1S/C14H16BrNO/c1-3-12(16-2)14-9-8-13(17-14)10-6-4-5-7-11(10)15/h4-9,12,16H,3H2,1-2H3. The molecule has 0 amide bonds. The van der Waals surface area contributed by atoms with E-state index >= 15 is 0 Å². The summed E-state index contributed by atoms with van der Waals surface area (Å²) in [6.45, 7) is 2.14. The fourth-order valence-electron chi connectivity index (χ4n) is 1.89. The van der Waals surface area contributed by atoms with Gasteiger partial charge in [-0.2, -0.15) is 0 Å². The molecule has 2 nitrogen and oxygen atoms in total. The van der Waals surface area contributed by atoms with Gasteiger partial charge < -0.3 is 9.73 Å². The van der Waals surface area contributed by atoms with Crippen molar-refractivity contribution in [3.63, 3.8) is 0 Å². The van der Waals surface area contributed by atoms with E-state index in [-0.39, 0.29) is 6.04 Å². The molecule has 3 heteroatoms. The third-order valence-electron chi connectivity index (χ3n) is 2.87. The first-order chi connectivity index (χ1) is 8.26. The lowest BCUT2D eigenvalue weighted by atomic mass is 10.1. The highest BCUT2D eigenvalue weighted by Crippen LogP contribution is 2.31. The Balaban J connectivity index is 2.33. The van der Waals surface area contributed by atoms with Gasteiger partial charge in [0.2, 0.25) is 0 Å². The van der Waals surface area contributed by atoms with Crippen molar-refractivity contribution in [2.45, 2.75) is 19.4 Å². The van der Waals surface area contributed by atoms with Crippen LogP contribution in [0.1, 0.15) is 25.1 Å². The van der Waals surface area contributed by atoms with Crippen LogP contribution in [0.2, 0.25) is 0 Å². The van der Waals surface area contributed by atoms with Gasteiger partial charge in [-0.3, -0.25) is 0 Å². The normalized spacial score (nSPS) is 12.6. The van der Waals surface area contributed by atoms with Crippen LogP contribution < -0.4 is 5.32 Å². The third kappa shape index (κ3) is 2.61. The lowest BCUT2D eigenvalue weighted by molar-refractivity contribution is 0.431. The quantitative estimate of drug-likeness (QED) is 0.905. The van der Waals surface area contributed by atoms with Crippen molar-refractivity contribution < 1.29 is 4.42 Å². The van der Waals surface area contributed by atoms with Crippen molar-refractivity contribution >= 4 is 15.9 Å². The zero-order valence-electron chi connectivity index (χ0n) is 10.0. The van der Waals surface area contributed by atoms with Crippen molar-refractivity contribution in [2.24, 2.45) is 0 Å². The molecular formula is C14H16BrNO. The van der Waals surface area contributed by atoms with Crippen LogP contribution in [-0.4, -0.2) is 7.05 Å². The maximum Gasteiger partial charge on any atom is 0.135 e. The van der Waals surface area contributed by atoms with Gasteiger partial charge in [0.25, 0.3) is 0 Å². The second kappa shape index (κ2) is 5.52. The largest absolute Gasteiger partial charge is 0.459 e. The summed E-state index contributed by atoms with van der Waals surface area (Å²) in [7, 11) is 1.95. The van der Waals surface area contributed by atoms with E-state index in [2.05, 4.69) is 28.2 Å². The molecule has 0 saturated heterocycles. The summed E-state index contributed by atoms with van der Waals surface area (Å²) in [5, 5.41) is 3.24. The Morgan fingerprint density at radius 3 is 2.65 bits per heavy atom. The fraction of sp³-hybridized carbons (Fsp3) is 0.286. The Hall–Kier alpha value is -1.06. The number of halogens is 1. The number of rotatable bonds is 4. The molecular weight excluding hydrogens is 278 g/mol. The van der Waals surface area contributed by atoms with Crippen LogP contribution in [0.5, 0.6) is 0 Å². The molecule has 0 fully saturated rings. The molecule has 1 aromatic carbocycles. The van der Waals surface area contributed by atoms with E-state index < -0.39 is 0 Å². The van der Waals surface area contributed by atoms with Crippen molar-refractivity contribution in [1.82, 2.24) is 5.32 Å². The average molecular weight is 294 g/mol. The highest BCUT2D eigenvalue weighted by molar-refractivity contribution is 9.10. The van der Waals surface area contributed by atoms with E-state index in [1.54, 1.807) is 0 Å². The van der Waals surface area contributed by atoms with Crippen molar-refractivity contribution in [3.05, 3.63) is 46.6 Å². The van der Waals surface area contributed by atoms with Crippen LogP contribution in [0.25, 0.3) is 11.3 Å². The maximum atomic E-state index is 5.90. The summed E-state index contributed by atoms with van der Waals surface area (Å²) >= 11 is 3.54. The molecule has 1 heterocycles. The third-order valence-corrected chi connectivity index (χ3v) is 3.56. The van der Waals surface area contributed by atoms with Gasteiger partial charge in [0.1, 0.15) is 11.5 Å². The lowest BCUT2D eigenvalue weighted by Gasteiger charge is -2.10. The van der Waals surface area contributed by atoms with Crippen LogP contribution in [0, 0.1) is 0 Å². The van der Waals surface area contributed by atoms with Gasteiger partial charge in [-0.1, -0.05) is 41.1 Å². The minimum absolute atomic E-state index is 0.284.